The highest BCUT2D eigenvalue weighted by molar-refractivity contribution is 6.04. The Morgan fingerprint density at radius 3 is 2.14 bits per heavy atom. The second-order valence-corrected chi connectivity index (χ2v) is 5.88. The molecule has 0 atom stereocenters. The second kappa shape index (κ2) is 9.28. The topological polar surface area (TPSA) is 56.8 Å². The summed E-state index contributed by atoms with van der Waals surface area (Å²) >= 11 is 0. The minimum atomic E-state index is -0.107. The Morgan fingerprint density at radius 1 is 0.786 bits per heavy atom. The smallest absolute Gasteiger partial charge is 0.187 e. The summed E-state index contributed by atoms with van der Waals surface area (Å²) in [5.41, 5.74) is 1.41. The molecule has 0 heterocycles. The minimum absolute atomic E-state index is 0.107. The van der Waals surface area contributed by atoms with Gasteiger partial charge in [0.15, 0.2) is 5.78 Å². The van der Waals surface area contributed by atoms with Gasteiger partial charge in [0.05, 0.1) is 14.2 Å². The van der Waals surface area contributed by atoms with Crippen molar-refractivity contribution in [3.63, 3.8) is 0 Å². The van der Waals surface area contributed by atoms with Gasteiger partial charge in [0.25, 0.3) is 0 Å². The molecule has 5 heteroatoms. The molecule has 0 bridgehead atoms. The van der Waals surface area contributed by atoms with Crippen molar-refractivity contribution in [3.8, 4) is 23.0 Å². The highest BCUT2D eigenvalue weighted by atomic mass is 16.5. The van der Waals surface area contributed by atoms with E-state index in [1.807, 2.05) is 48.5 Å². The molecule has 3 aromatic carbocycles. The van der Waals surface area contributed by atoms with Gasteiger partial charge in [-0.25, -0.2) is 0 Å². The molecule has 0 saturated heterocycles. The fourth-order valence-electron chi connectivity index (χ4n) is 2.51. The van der Waals surface area contributed by atoms with Crippen LogP contribution in [-0.2, 0) is 0 Å². The molecule has 0 saturated carbocycles. The molecule has 5 nitrogen and oxygen atoms in total. The van der Waals surface area contributed by atoms with Crippen LogP contribution in [0.5, 0.6) is 23.0 Å². The standard InChI is InChI=1S/C23H21NO4/c1-26-20-6-3-5-17(15-20)23(25)13-14-24-18-9-11-19(12-10-18)28-22-8-4-7-21(16-22)27-2/h3-16,24H,1-2H3/b14-13+. The van der Waals surface area contributed by atoms with Gasteiger partial charge in [0.2, 0.25) is 0 Å². The average Bonchev–Trinajstić information content (AvgIpc) is 2.75. The third kappa shape index (κ3) is 5.14. The van der Waals surface area contributed by atoms with Crippen LogP contribution in [0.2, 0.25) is 0 Å². The maximum absolute atomic E-state index is 12.2. The van der Waals surface area contributed by atoms with Gasteiger partial charge in [0, 0.05) is 29.6 Å². The molecule has 0 unspecified atom stereocenters. The number of anilines is 1. The summed E-state index contributed by atoms with van der Waals surface area (Å²) in [6.45, 7) is 0. The maximum atomic E-state index is 12.2. The molecule has 3 aromatic rings. The number of rotatable bonds is 8. The average molecular weight is 375 g/mol. The molecule has 28 heavy (non-hydrogen) atoms. The minimum Gasteiger partial charge on any atom is -0.497 e. The van der Waals surface area contributed by atoms with E-state index in [-0.39, 0.29) is 5.78 Å². The molecule has 0 aliphatic carbocycles. The van der Waals surface area contributed by atoms with E-state index in [0.717, 1.165) is 11.4 Å². The summed E-state index contributed by atoms with van der Waals surface area (Å²) in [4.78, 5) is 12.2. The number of hydrogen-bond acceptors (Lipinski definition) is 5. The number of hydrogen-bond donors (Lipinski definition) is 1. The molecule has 0 radical (unpaired) electrons. The van der Waals surface area contributed by atoms with Crippen molar-refractivity contribution >= 4 is 11.5 Å². The summed E-state index contributed by atoms with van der Waals surface area (Å²) in [5.74, 6) is 2.68. The summed E-state index contributed by atoms with van der Waals surface area (Å²) in [7, 11) is 3.19. The van der Waals surface area contributed by atoms with Crippen molar-refractivity contribution in [2.45, 2.75) is 0 Å². The highest BCUT2D eigenvalue weighted by Crippen LogP contribution is 2.26. The van der Waals surface area contributed by atoms with Crippen molar-refractivity contribution in [1.29, 1.82) is 0 Å². The van der Waals surface area contributed by atoms with E-state index < -0.39 is 0 Å². The molecule has 0 aromatic heterocycles. The van der Waals surface area contributed by atoms with Crippen LogP contribution < -0.4 is 19.5 Å². The van der Waals surface area contributed by atoms with E-state index in [1.54, 1.807) is 44.7 Å². The van der Waals surface area contributed by atoms with Crippen LogP contribution in [0.1, 0.15) is 10.4 Å². The van der Waals surface area contributed by atoms with Gasteiger partial charge >= 0.3 is 0 Å². The number of allylic oxidation sites excluding steroid dienone is 1. The number of ketones is 1. The molecule has 0 aliphatic rings. The van der Waals surface area contributed by atoms with Gasteiger partial charge in [-0.2, -0.15) is 0 Å². The monoisotopic (exact) mass is 375 g/mol. The van der Waals surface area contributed by atoms with Gasteiger partial charge in [-0.05, 0) is 48.5 Å². The summed E-state index contributed by atoms with van der Waals surface area (Å²) in [6.07, 6.45) is 3.09. The summed E-state index contributed by atoms with van der Waals surface area (Å²) < 4.78 is 16.1. The van der Waals surface area contributed by atoms with Gasteiger partial charge in [-0.3, -0.25) is 4.79 Å². The maximum Gasteiger partial charge on any atom is 0.187 e. The van der Waals surface area contributed by atoms with Gasteiger partial charge in [-0.15, -0.1) is 0 Å². The molecular weight excluding hydrogens is 354 g/mol. The van der Waals surface area contributed by atoms with Crippen molar-refractivity contribution in [2.75, 3.05) is 19.5 Å². The Morgan fingerprint density at radius 2 is 1.43 bits per heavy atom. The van der Waals surface area contributed by atoms with E-state index >= 15 is 0 Å². The molecule has 1 N–H and O–H groups in total. The summed E-state index contributed by atoms with van der Waals surface area (Å²) in [6, 6.07) is 21.9. The van der Waals surface area contributed by atoms with Gasteiger partial charge in [0.1, 0.15) is 23.0 Å². The van der Waals surface area contributed by atoms with E-state index in [0.29, 0.717) is 22.8 Å². The van der Waals surface area contributed by atoms with E-state index in [1.165, 1.54) is 6.08 Å². The second-order valence-electron chi connectivity index (χ2n) is 5.88. The number of benzene rings is 3. The Labute approximate surface area is 164 Å². The van der Waals surface area contributed by atoms with Crippen LogP contribution in [0.15, 0.2) is 85.1 Å². The molecule has 0 spiro atoms. The van der Waals surface area contributed by atoms with Crippen molar-refractivity contribution in [3.05, 3.63) is 90.6 Å². The zero-order chi connectivity index (χ0) is 19.8. The largest absolute Gasteiger partial charge is 0.497 e. The van der Waals surface area contributed by atoms with E-state index in [9.17, 15) is 4.79 Å². The van der Waals surface area contributed by atoms with Gasteiger partial charge < -0.3 is 19.5 Å². The van der Waals surface area contributed by atoms with Crippen LogP contribution in [0, 0.1) is 0 Å². The molecular formula is C23H21NO4. The van der Waals surface area contributed by atoms with Crippen LogP contribution in [-0.4, -0.2) is 20.0 Å². The SMILES string of the molecule is COc1cccc(Oc2ccc(N/C=C/C(=O)c3cccc(OC)c3)cc2)c1. The number of carbonyl (C=O) groups excluding carboxylic acids is 1. The lowest BCUT2D eigenvalue weighted by molar-refractivity contribution is 0.104. The number of ether oxygens (including phenoxy) is 3. The van der Waals surface area contributed by atoms with Crippen molar-refractivity contribution in [2.24, 2.45) is 0 Å². The first-order chi connectivity index (χ1) is 13.7. The molecule has 142 valence electrons. The molecule has 0 aliphatic heterocycles. The van der Waals surface area contributed by atoms with Crippen LogP contribution in [0.4, 0.5) is 5.69 Å². The first-order valence-electron chi connectivity index (χ1n) is 8.71. The molecule has 0 amide bonds. The number of carbonyl (C=O) groups is 1. The lowest BCUT2D eigenvalue weighted by atomic mass is 10.1. The Balaban J connectivity index is 1.57. The highest BCUT2D eigenvalue weighted by Gasteiger charge is 2.03. The lowest BCUT2D eigenvalue weighted by Crippen LogP contribution is -1.97. The third-order valence-electron chi connectivity index (χ3n) is 3.97. The van der Waals surface area contributed by atoms with Crippen molar-refractivity contribution < 1.29 is 19.0 Å². The molecule has 0 fully saturated rings. The Hall–Kier alpha value is -3.73. The Kier molecular flexibility index (Phi) is 6.31. The van der Waals surface area contributed by atoms with Crippen LogP contribution in [0.25, 0.3) is 0 Å². The number of nitrogens with one attached hydrogen (secondary N) is 1. The summed E-state index contributed by atoms with van der Waals surface area (Å²) in [5, 5.41) is 3.08. The first kappa shape index (κ1) is 19.0. The Bertz CT molecular complexity index is 964. The van der Waals surface area contributed by atoms with Gasteiger partial charge in [-0.1, -0.05) is 18.2 Å². The number of methoxy groups -OCH3 is 2. The predicted octanol–water partition coefficient (Wildman–Crippen LogP) is 5.30. The zero-order valence-electron chi connectivity index (χ0n) is 15.7. The molecule has 3 rings (SSSR count). The van der Waals surface area contributed by atoms with E-state index in [2.05, 4.69) is 5.32 Å². The quantitative estimate of drug-likeness (QED) is 0.427. The van der Waals surface area contributed by atoms with E-state index in [4.69, 9.17) is 14.2 Å². The van der Waals surface area contributed by atoms with Crippen molar-refractivity contribution in [1.82, 2.24) is 0 Å². The fourth-order valence-corrected chi connectivity index (χ4v) is 2.51. The van der Waals surface area contributed by atoms with Crippen LogP contribution in [0.3, 0.4) is 0 Å². The predicted molar refractivity (Wildman–Crippen MR) is 110 cm³/mol. The van der Waals surface area contributed by atoms with Crippen LogP contribution >= 0.6 is 0 Å². The third-order valence-corrected chi connectivity index (χ3v) is 3.97. The normalized spacial score (nSPS) is 10.5. The zero-order valence-corrected chi connectivity index (χ0v) is 15.7. The lowest BCUT2D eigenvalue weighted by Gasteiger charge is -2.08. The fraction of sp³-hybridized carbons (Fsp3) is 0.0870. The first-order valence-corrected chi connectivity index (χ1v) is 8.71.